The van der Waals surface area contributed by atoms with Crippen LogP contribution in [0.3, 0.4) is 0 Å². The zero-order valence-corrected chi connectivity index (χ0v) is 18.9. The van der Waals surface area contributed by atoms with Gasteiger partial charge in [0, 0.05) is 52.0 Å². The molecule has 1 N–H and O–H groups in total. The number of thioether (sulfide) groups is 1. The summed E-state index contributed by atoms with van der Waals surface area (Å²) in [5.74, 6) is 1.11. The van der Waals surface area contributed by atoms with E-state index in [-0.39, 0.29) is 11.3 Å². The van der Waals surface area contributed by atoms with Crippen molar-refractivity contribution in [2.24, 2.45) is 0 Å². The van der Waals surface area contributed by atoms with Crippen LogP contribution in [0.15, 0.2) is 59.2 Å². The highest BCUT2D eigenvalue weighted by atomic mass is 79.9. The van der Waals surface area contributed by atoms with Crippen molar-refractivity contribution in [1.82, 2.24) is 9.88 Å². The zero-order chi connectivity index (χ0) is 20.2. The minimum atomic E-state index is 0.0910. The number of halogens is 2. The Morgan fingerprint density at radius 1 is 1.21 bits per heavy atom. The summed E-state index contributed by atoms with van der Waals surface area (Å²) in [5, 5.41) is 5.31. The summed E-state index contributed by atoms with van der Waals surface area (Å²) in [6.07, 6.45) is 3.27. The minimum absolute atomic E-state index is 0.0910. The molecule has 2 aromatic carbocycles. The highest BCUT2D eigenvalue weighted by Crippen LogP contribution is 2.37. The van der Waals surface area contributed by atoms with Crippen LogP contribution in [-0.2, 0) is 4.79 Å². The Morgan fingerprint density at radius 3 is 2.86 bits per heavy atom. The number of rotatable bonds is 6. The zero-order valence-electron chi connectivity index (χ0n) is 15.8. The first kappa shape index (κ1) is 20.5. The molecule has 1 amide bonds. The Balaban J connectivity index is 1.40. The summed E-state index contributed by atoms with van der Waals surface area (Å²) in [5.41, 5.74) is 3.09. The van der Waals surface area contributed by atoms with Crippen molar-refractivity contribution in [2.75, 3.05) is 24.2 Å². The number of hydrogen-bond donors (Lipinski definition) is 1. The first-order valence-corrected chi connectivity index (χ1v) is 11.8. The van der Waals surface area contributed by atoms with Crippen LogP contribution >= 0.6 is 39.3 Å². The number of nitrogens with one attached hydrogen (secondary N) is 1. The highest BCUT2D eigenvalue weighted by molar-refractivity contribution is 9.10. The number of amides is 1. The van der Waals surface area contributed by atoms with Crippen LogP contribution in [0.1, 0.15) is 23.8 Å². The number of fused-ring (bicyclic) bond motifs is 1. The van der Waals surface area contributed by atoms with Crippen molar-refractivity contribution >= 4 is 61.8 Å². The molecule has 3 aromatic rings. The fourth-order valence-electron chi connectivity index (χ4n) is 3.52. The van der Waals surface area contributed by atoms with Gasteiger partial charge in [0.05, 0.1) is 5.52 Å². The number of hydrogen-bond acceptors (Lipinski definition) is 4. The molecule has 1 aromatic heterocycles. The molecule has 1 atom stereocenters. The Bertz CT molecular complexity index is 1010. The van der Waals surface area contributed by atoms with Crippen LogP contribution in [0.2, 0.25) is 5.02 Å². The molecule has 0 saturated carbocycles. The first-order chi connectivity index (χ1) is 14.1. The maximum atomic E-state index is 12.6. The lowest BCUT2D eigenvalue weighted by atomic mass is 10.1. The number of aromatic nitrogens is 1. The average molecular weight is 491 g/mol. The number of carbonyl (C=O) groups is 1. The van der Waals surface area contributed by atoms with Crippen LogP contribution in [0.5, 0.6) is 0 Å². The van der Waals surface area contributed by atoms with Gasteiger partial charge in [-0.1, -0.05) is 39.7 Å². The molecule has 1 aliphatic rings. The molecule has 1 aliphatic heterocycles. The van der Waals surface area contributed by atoms with E-state index in [1.807, 2.05) is 53.1 Å². The van der Waals surface area contributed by atoms with E-state index in [2.05, 4.69) is 38.4 Å². The van der Waals surface area contributed by atoms with Crippen LogP contribution in [-0.4, -0.2) is 34.6 Å². The minimum Gasteiger partial charge on any atom is -0.384 e. The third-order valence-corrected chi connectivity index (χ3v) is 6.99. The highest BCUT2D eigenvalue weighted by Gasteiger charge is 2.29. The van der Waals surface area contributed by atoms with Gasteiger partial charge in [-0.05, 0) is 48.4 Å². The first-order valence-electron chi connectivity index (χ1n) is 9.56. The number of nitrogens with zero attached hydrogens (tertiary/aromatic N) is 2. The second-order valence-electron chi connectivity index (χ2n) is 6.91. The summed E-state index contributed by atoms with van der Waals surface area (Å²) >= 11 is 11.4. The molecule has 4 nitrogen and oxygen atoms in total. The van der Waals surface area contributed by atoms with Gasteiger partial charge in [0.25, 0.3) is 0 Å². The van der Waals surface area contributed by atoms with Crippen LogP contribution in [0, 0.1) is 0 Å². The Morgan fingerprint density at radius 2 is 2.03 bits per heavy atom. The van der Waals surface area contributed by atoms with E-state index in [0.29, 0.717) is 11.4 Å². The van der Waals surface area contributed by atoms with E-state index >= 15 is 0 Å². The monoisotopic (exact) mass is 489 g/mol. The quantitative estimate of drug-likeness (QED) is 0.423. The van der Waals surface area contributed by atoms with Crippen LogP contribution in [0.25, 0.3) is 10.9 Å². The second kappa shape index (κ2) is 9.37. The lowest BCUT2D eigenvalue weighted by molar-refractivity contribution is -0.132. The third-order valence-electron chi connectivity index (χ3n) is 4.95. The van der Waals surface area contributed by atoms with Gasteiger partial charge in [0.15, 0.2) is 0 Å². The van der Waals surface area contributed by atoms with Gasteiger partial charge in [-0.15, -0.1) is 11.8 Å². The van der Waals surface area contributed by atoms with Crippen molar-refractivity contribution < 1.29 is 4.79 Å². The normalized spacial score (nSPS) is 17.0. The van der Waals surface area contributed by atoms with E-state index in [9.17, 15) is 4.79 Å². The lowest BCUT2D eigenvalue weighted by Gasteiger charge is -2.35. The lowest BCUT2D eigenvalue weighted by Crippen LogP contribution is -2.38. The summed E-state index contributed by atoms with van der Waals surface area (Å²) in [6, 6.07) is 16.0. The van der Waals surface area contributed by atoms with Crippen LogP contribution in [0.4, 0.5) is 5.69 Å². The molecule has 0 aliphatic carbocycles. The molecule has 2 heterocycles. The number of benzene rings is 2. The van der Waals surface area contributed by atoms with E-state index in [1.54, 1.807) is 6.20 Å². The topological polar surface area (TPSA) is 45.2 Å². The van der Waals surface area contributed by atoms with Gasteiger partial charge >= 0.3 is 0 Å². The second-order valence-corrected chi connectivity index (χ2v) is 9.45. The van der Waals surface area contributed by atoms with Crippen molar-refractivity contribution in [2.45, 2.75) is 18.2 Å². The molecule has 1 unspecified atom stereocenters. The Hall–Kier alpha value is -1.76. The van der Waals surface area contributed by atoms with Gasteiger partial charge in [0.2, 0.25) is 5.91 Å². The molecule has 0 bridgehead atoms. The fourth-order valence-corrected chi connectivity index (χ4v) is 5.21. The summed E-state index contributed by atoms with van der Waals surface area (Å²) < 4.78 is 1.05. The molecule has 150 valence electrons. The number of anilines is 1. The Labute approximate surface area is 188 Å². The van der Waals surface area contributed by atoms with Gasteiger partial charge in [-0.25, -0.2) is 0 Å². The summed E-state index contributed by atoms with van der Waals surface area (Å²) in [4.78, 5) is 19.0. The standard InChI is InChI=1S/C22H21BrClN3OS/c23-16-4-2-15(3-5-16)22-27(21(28)9-13-29-22)12-1-10-25-19-8-11-26-20-14-17(24)6-7-18(19)20/h2-8,11,14,22H,1,9-10,12-13H2,(H,25,26). The smallest absolute Gasteiger partial charge is 0.224 e. The fraction of sp³-hybridized carbons (Fsp3) is 0.273. The van der Waals surface area contributed by atoms with E-state index in [1.165, 1.54) is 5.56 Å². The van der Waals surface area contributed by atoms with Crippen molar-refractivity contribution in [3.8, 4) is 0 Å². The predicted octanol–water partition coefficient (Wildman–Crippen LogP) is 6.12. The maximum absolute atomic E-state index is 12.6. The molecule has 4 rings (SSSR count). The molecule has 1 saturated heterocycles. The molecule has 0 spiro atoms. The number of pyridine rings is 1. The molecular formula is C22H21BrClN3OS. The SMILES string of the molecule is O=C1CCSC(c2ccc(Br)cc2)N1CCCNc1ccnc2cc(Cl)ccc12. The third kappa shape index (κ3) is 4.87. The molecule has 0 radical (unpaired) electrons. The van der Waals surface area contributed by atoms with Crippen LogP contribution < -0.4 is 5.32 Å². The molecule has 7 heteroatoms. The van der Waals surface area contributed by atoms with Gasteiger partial charge in [-0.3, -0.25) is 9.78 Å². The number of carbonyl (C=O) groups excluding carboxylic acids is 1. The van der Waals surface area contributed by atoms with E-state index < -0.39 is 0 Å². The van der Waals surface area contributed by atoms with Gasteiger partial charge in [-0.2, -0.15) is 0 Å². The molecule has 1 fully saturated rings. The largest absolute Gasteiger partial charge is 0.384 e. The maximum Gasteiger partial charge on any atom is 0.224 e. The van der Waals surface area contributed by atoms with E-state index in [4.69, 9.17) is 11.6 Å². The van der Waals surface area contributed by atoms with Gasteiger partial charge in [0.1, 0.15) is 5.37 Å². The average Bonchev–Trinajstić information content (AvgIpc) is 2.72. The molecule has 29 heavy (non-hydrogen) atoms. The van der Waals surface area contributed by atoms with Crippen molar-refractivity contribution in [3.05, 3.63) is 69.8 Å². The Kier molecular flexibility index (Phi) is 6.63. The van der Waals surface area contributed by atoms with Gasteiger partial charge < -0.3 is 10.2 Å². The summed E-state index contributed by atoms with van der Waals surface area (Å²) in [6.45, 7) is 1.51. The van der Waals surface area contributed by atoms with Crippen molar-refractivity contribution in [1.29, 1.82) is 0 Å². The summed E-state index contributed by atoms with van der Waals surface area (Å²) in [7, 11) is 0. The predicted molar refractivity (Wildman–Crippen MR) is 126 cm³/mol. The van der Waals surface area contributed by atoms with E-state index in [0.717, 1.165) is 46.3 Å². The van der Waals surface area contributed by atoms with Crippen molar-refractivity contribution in [3.63, 3.8) is 0 Å². The molecular weight excluding hydrogens is 470 g/mol.